The van der Waals surface area contributed by atoms with Crippen molar-refractivity contribution in [2.75, 3.05) is 26.2 Å². The molecule has 0 amide bonds. The van der Waals surface area contributed by atoms with Gasteiger partial charge in [0.1, 0.15) is 0 Å². The summed E-state index contributed by atoms with van der Waals surface area (Å²) >= 11 is 0. The van der Waals surface area contributed by atoms with Crippen molar-refractivity contribution in [1.82, 2.24) is 10.2 Å². The summed E-state index contributed by atoms with van der Waals surface area (Å²) < 4.78 is 0. The first-order valence-corrected chi connectivity index (χ1v) is 5.06. The van der Waals surface area contributed by atoms with Crippen LogP contribution >= 0.6 is 0 Å². The Hall–Kier alpha value is -0.0800. The summed E-state index contributed by atoms with van der Waals surface area (Å²) in [6.45, 7) is 12.1. The highest BCUT2D eigenvalue weighted by atomic mass is 15.2. The first-order valence-electron chi connectivity index (χ1n) is 5.06. The van der Waals surface area contributed by atoms with Gasteiger partial charge < -0.3 is 5.32 Å². The molecular weight excluding hydrogens is 148 g/mol. The number of nitrogens with zero attached hydrogens (tertiary/aromatic N) is 1. The van der Waals surface area contributed by atoms with E-state index >= 15 is 0 Å². The zero-order chi connectivity index (χ0) is 8.77. The van der Waals surface area contributed by atoms with Gasteiger partial charge in [-0.3, -0.25) is 4.90 Å². The van der Waals surface area contributed by atoms with Crippen LogP contribution in [-0.4, -0.2) is 37.1 Å². The van der Waals surface area contributed by atoms with Crippen molar-refractivity contribution in [2.45, 2.75) is 26.8 Å². The number of hydrogen-bond donors (Lipinski definition) is 1. The van der Waals surface area contributed by atoms with Gasteiger partial charge in [0, 0.05) is 25.7 Å². The van der Waals surface area contributed by atoms with Gasteiger partial charge >= 0.3 is 0 Å². The molecule has 2 fully saturated rings. The first-order chi connectivity index (χ1) is 5.62. The van der Waals surface area contributed by atoms with Crippen LogP contribution in [0.4, 0.5) is 0 Å². The van der Waals surface area contributed by atoms with Gasteiger partial charge in [0.15, 0.2) is 0 Å². The van der Waals surface area contributed by atoms with E-state index in [1.165, 1.54) is 26.2 Å². The van der Waals surface area contributed by atoms with Gasteiger partial charge in [-0.05, 0) is 31.7 Å². The van der Waals surface area contributed by atoms with E-state index in [2.05, 4.69) is 31.0 Å². The van der Waals surface area contributed by atoms with Gasteiger partial charge in [0.05, 0.1) is 0 Å². The maximum atomic E-state index is 3.50. The van der Waals surface area contributed by atoms with E-state index in [-0.39, 0.29) is 0 Å². The smallest absolute Gasteiger partial charge is 0.00539 e. The van der Waals surface area contributed by atoms with Crippen molar-refractivity contribution in [1.29, 1.82) is 0 Å². The zero-order valence-corrected chi connectivity index (χ0v) is 8.43. The summed E-state index contributed by atoms with van der Waals surface area (Å²) in [5, 5.41) is 3.50. The predicted octanol–water partition coefficient (Wildman–Crippen LogP) is 0.936. The molecule has 0 aromatic carbocycles. The van der Waals surface area contributed by atoms with Crippen molar-refractivity contribution in [3.05, 3.63) is 0 Å². The molecule has 1 N–H and O–H groups in total. The Balaban J connectivity index is 2.06. The van der Waals surface area contributed by atoms with Crippen molar-refractivity contribution in [3.8, 4) is 0 Å². The molecule has 2 heteroatoms. The fourth-order valence-electron chi connectivity index (χ4n) is 2.60. The van der Waals surface area contributed by atoms with E-state index in [1.807, 2.05) is 0 Å². The highest BCUT2D eigenvalue weighted by Gasteiger charge is 2.46. The first kappa shape index (κ1) is 8.52. The Morgan fingerprint density at radius 1 is 1.50 bits per heavy atom. The molecule has 2 atom stereocenters. The van der Waals surface area contributed by atoms with Crippen molar-refractivity contribution >= 4 is 0 Å². The molecule has 2 saturated heterocycles. The summed E-state index contributed by atoms with van der Waals surface area (Å²) in [5.41, 5.74) is 0.574. The number of nitrogens with one attached hydrogen (secondary N) is 1. The van der Waals surface area contributed by atoms with E-state index in [1.54, 1.807) is 0 Å². The van der Waals surface area contributed by atoms with Crippen LogP contribution in [-0.2, 0) is 0 Å². The number of rotatable bonds is 1. The molecule has 2 rings (SSSR count). The summed E-state index contributed by atoms with van der Waals surface area (Å²) in [5.74, 6) is 0.903. The Morgan fingerprint density at radius 3 is 2.83 bits per heavy atom. The van der Waals surface area contributed by atoms with Gasteiger partial charge in [0.2, 0.25) is 0 Å². The quantitative estimate of drug-likeness (QED) is 0.627. The van der Waals surface area contributed by atoms with Crippen LogP contribution in [0.3, 0.4) is 0 Å². The average Bonchev–Trinajstić information content (AvgIpc) is 2.41. The lowest BCUT2D eigenvalue weighted by atomic mass is 9.83. The molecule has 0 spiro atoms. The molecule has 0 radical (unpaired) electrons. The van der Waals surface area contributed by atoms with E-state index in [0.717, 1.165) is 12.0 Å². The highest BCUT2D eigenvalue weighted by molar-refractivity contribution is 5.00. The highest BCUT2D eigenvalue weighted by Crippen LogP contribution is 2.38. The third-order valence-corrected chi connectivity index (χ3v) is 3.65. The maximum Gasteiger partial charge on any atom is 0.00539 e. The second-order valence-electron chi connectivity index (χ2n) is 5.01. The molecular formula is C10H20N2. The molecule has 2 aliphatic rings. The molecule has 2 heterocycles. The summed E-state index contributed by atoms with van der Waals surface area (Å²) in [6.07, 6.45) is 0. The maximum absolute atomic E-state index is 3.50. The fraction of sp³-hybridized carbons (Fsp3) is 1.00. The molecule has 0 saturated carbocycles. The average molecular weight is 168 g/mol. The van der Waals surface area contributed by atoms with E-state index in [0.29, 0.717) is 5.41 Å². The number of fused-ring (bicyclic) bond motifs is 1. The topological polar surface area (TPSA) is 15.3 Å². The van der Waals surface area contributed by atoms with Crippen LogP contribution in [0, 0.1) is 11.3 Å². The largest absolute Gasteiger partial charge is 0.316 e. The van der Waals surface area contributed by atoms with Gasteiger partial charge in [-0.2, -0.15) is 0 Å². The fourth-order valence-corrected chi connectivity index (χ4v) is 2.60. The molecule has 2 aliphatic heterocycles. The normalized spacial score (nSPS) is 42.5. The molecule has 2 nitrogen and oxygen atoms in total. The van der Waals surface area contributed by atoms with Crippen LogP contribution in [0.25, 0.3) is 0 Å². The molecule has 0 bridgehead atoms. The van der Waals surface area contributed by atoms with Gasteiger partial charge in [0.25, 0.3) is 0 Å². The Bertz CT molecular complexity index is 179. The minimum atomic E-state index is 0.574. The predicted molar refractivity (Wildman–Crippen MR) is 51.2 cm³/mol. The molecule has 12 heavy (non-hydrogen) atoms. The molecule has 0 unspecified atom stereocenters. The molecule has 0 aliphatic carbocycles. The second kappa shape index (κ2) is 2.71. The van der Waals surface area contributed by atoms with Crippen LogP contribution < -0.4 is 5.32 Å². The van der Waals surface area contributed by atoms with Crippen LogP contribution in [0.5, 0.6) is 0 Å². The lowest BCUT2D eigenvalue weighted by molar-refractivity contribution is 0.235. The van der Waals surface area contributed by atoms with E-state index in [9.17, 15) is 0 Å². The van der Waals surface area contributed by atoms with Crippen molar-refractivity contribution in [2.24, 2.45) is 11.3 Å². The second-order valence-corrected chi connectivity index (χ2v) is 5.01. The monoisotopic (exact) mass is 168 g/mol. The third-order valence-electron chi connectivity index (χ3n) is 3.65. The summed E-state index contributed by atoms with van der Waals surface area (Å²) in [4.78, 5) is 2.62. The lowest BCUT2D eigenvalue weighted by Crippen LogP contribution is -2.34. The minimum Gasteiger partial charge on any atom is -0.316 e. The number of likely N-dealkylation sites (tertiary alicyclic amines) is 1. The summed E-state index contributed by atoms with van der Waals surface area (Å²) in [6, 6.07) is 0.729. The molecule has 70 valence electrons. The Labute approximate surface area is 75.3 Å². The van der Waals surface area contributed by atoms with Crippen LogP contribution in [0.1, 0.15) is 20.8 Å². The zero-order valence-electron chi connectivity index (χ0n) is 8.43. The number of hydrogen-bond acceptors (Lipinski definition) is 2. The SMILES string of the molecule is CC(C)N1C[C@H]2CNC[C@]2(C)C1. The third kappa shape index (κ3) is 1.17. The van der Waals surface area contributed by atoms with Gasteiger partial charge in [-0.25, -0.2) is 0 Å². The molecule has 0 aromatic heterocycles. The standard InChI is InChI=1S/C10H20N2/c1-8(2)12-5-9-4-11-6-10(9,3)7-12/h8-9,11H,4-7H2,1-3H3/t9-,10-/m1/s1. The van der Waals surface area contributed by atoms with Crippen LogP contribution in [0.2, 0.25) is 0 Å². The van der Waals surface area contributed by atoms with Gasteiger partial charge in [-0.15, -0.1) is 0 Å². The van der Waals surface area contributed by atoms with Crippen LogP contribution in [0.15, 0.2) is 0 Å². The van der Waals surface area contributed by atoms with Gasteiger partial charge in [-0.1, -0.05) is 6.92 Å². The van der Waals surface area contributed by atoms with Crippen molar-refractivity contribution < 1.29 is 0 Å². The Kier molecular flexibility index (Phi) is 1.92. The Morgan fingerprint density at radius 2 is 2.25 bits per heavy atom. The van der Waals surface area contributed by atoms with E-state index in [4.69, 9.17) is 0 Å². The van der Waals surface area contributed by atoms with Crippen molar-refractivity contribution in [3.63, 3.8) is 0 Å². The summed E-state index contributed by atoms with van der Waals surface area (Å²) in [7, 11) is 0. The lowest BCUT2D eigenvalue weighted by Gasteiger charge is -2.24. The molecule has 0 aromatic rings. The van der Waals surface area contributed by atoms with E-state index < -0.39 is 0 Å². The minimum absolute atomic E-state index is 0.574.